The summed E-state index contributed by atoms with van der Waals surface area (Å²) in [4.78, 5) is 12.9. The molecule has 2 aromatic carbocycles. The zero-order valence-corrected chi connectivity index (χ0v) is 18.4. The lowest BCUT2D eigenvalue weighted by Crippen LogP contribution is -2.36. The summed E-state index contributed by atoms with van der Waals surface area (Å²) in [6.45, 7) is 7.58. The molecule has 0 saturated heterocycles. The zero-order chi connectivity index (χ0) is 21.2. The van der Waals surface area contributed by atoms with E-state index in [0.29, 0.717) is 11.3 Å². The number of carbonyl (C=O) groups is 1. The van der Waals surface area contributed by atoms with Gasteiger partial charge in [-0.1, -0.05) is 43.0 Å². The van der Waals surface area contributed by atoms with Crippen LogP contribution in [0.1, 0.15) is 64.7 Å². The lowest BCUT2D eigenvalue weighted by molar-refractivity contribution is 0.0927. The molecule has 156 valence electrons. The van der Waals surface area contributed by atoms with Crippen LogP contribution >= 0.6 is 0 Å². The molecule has 1 aliphatic rings. The molecule has 1 aliphatic carbocycles. The van der Waals surface area contributed by atoms with E-state index in [2.05, 4.69) is 10.0 Å². The van der Waals surface area contributed by atoms with Crippen LogP contribution in [0.3, 0.4) is 0 Å². The van der Waals surface area contributed by atoms with Gasteiger partial charge in [-0.3, -0.25) is 9.52 Å². The quantitative estimate of drug-likeness (QED) is 0.739. The van der Waals surface area contributed by atoms with Crippen molar-refractivity contribution in [2.24, 2.45) is 0 Å². The highest BCUT2D eigenvalue weighted by Gasteiger charge is 2.22. The standard InChI is InChI=1S/C23H30N2O3S/c1-15-12-17(3)22(18(4)13-15)25-29(27,28)20-11-10-16(2)21(14-20)23(26)24-19-8-6-5-7-9-19/h10-14,19,25H,5-9H2,1-4H3,(H,24,26). The van der Waals surface area contributed by atoms with E-state index in [1.54, 1.807) is 12.1 Å². The van der Waals surface area contributed by atoms with Gasteiger partial charge in [0.1, 0.15) is 0 Å². The van der Waals surface area contributed by atoms with E-state index in [0.717, 1.165) is 47.9 Å². The number of carbonyl (C=O) groups excluding carboxylic acids is 1. The number of aryl methyl sites for hydroxylation is 4. The Morgan fingerprint density at radius 3 is 2.14 bits per heavy atom. The van der Waals surface area contributed by atoms with Crippen LogP contribution in [0.5, 0.6) is 0 Å². The Morgan fingerprint density at radius 1 is 0.897 bits per heavy atom. The largest absolute Gasteiger partial charge is 0.349 e. The monoisotopic (exact) mass is 414 g/mol. The smallest absolute Gasteiger partial charge is 0.261 e. The van der Waals surface area contributed by atoms with Crippen molar-refractivity contribution in [3.8, 4) is 0 Å². The van der Waals surface area contributed by atoms with E-state index in [1.165, 1.54) is 12.5 Å². The molecule has 1 fully saturated rings. The maximum absolute atomic E-state index is 13.0. The van der Waals surface area contributed by atoms with Gasteiger partial charge in [0.15, 0.2) is 0 Å². The molecule has 5 nitrogen and oxygen atoms in total. The lowest BCUT2D eigenvalue weighted by atomic mass is 9.95. The molecule has 2 N–H and O–H groups in total. The number of sulfonamides is 1. The van der Waals surface area contributed by atoms with Crippen molar-refractivity contribution in [3.05, 3.63) is 58.1 Å². The third-order valence-corrected chi connectivity index (χ3v) is 6.97. The summed E-state index contributed by atoms with van der Waals surface area (Å²) < 4.78 is 28.8. The van der Waals surface area contributed by atoms with Crippen LogP contribution < -0.4 is 10.0 Å². The zero-order valence-electron chi connectivity index (χ0n) is 17.6. The second-order valence-electron chi connectivity index (χ2n) is 8.16. The van der Waals surface area contributed by atoms with Crippen molar-refractivity contribution in [1.29, 1.82) is 0 Å². The van der Waals surface area contributed by atoms with Crippen molar-refractivity contribution in [2.75, 3.05) is 4.72 Å². The number of hydrogen-bond acceptors (Lipinski definition) is 3. The molecule has 0 unspecified atom stereocenters. The predicted molar refractivity (Wildman–Crippen MR) is 117 cm³/mol. The van der Waals surface area contributed by atoms with Crippen molar-refractivity contribution in [1.82, 2.24) is 5.32 Å². The van der Waals surface area contributed by atoms with E-state index >= 15 is 0 Å². The summed E-state index contributed by atoms with van der Waals surface area (Å²) in [5.41, 5.74) is 4.59. The average Bonchev–Trinajstić information content (AvgIpc) is 2.65. The number of nitrogens with one attached hydrogen (secondary N) is 2. The first-order valence-electron chi connectivity index (χ1n) is 10.2. The molecule has 2 aromatic rings. The van der Waals surface area contributed by atoms with Gasteiger partial charge in [0.25, 0.3) is 15.9 Å². The first kappa shape index (κ1) is 21.4. The second kappa shape index (κ2) is 8.57. The Hall–Kier alpha value is -2.34. The SMILES string of the molecule is Cc1cc(C)c(NS(=O)(=O)c2ccc(C)c(C(=O)NC3CCCCC3)c2)c(C)c1. The molecular formula is C23H30N2O3S. The maximum atomic E-state index is 13.0. The summed E-state index contributed by atoms with van der Waals surface area (Å²) in [5.74, 6) is -0.200. The minimum absolute atomic E-state index is 0.0938. The Morgan fingerprint density at radius 2 is 1.52 bits per heavy atom. The first-order valence-corrected chi connectivity index (χ1v) is 11.7. The molecule has 3 rings (SSSR count). The Bertz CT molecular complexity index is 999. The van der Waals surface area contributed by atoms with Gasteiger partial charge in [0.2, 0.25) is 0 Å². The fraction of sp³-hybridized carbons (Fsp3) is 0.435. The van der Waals surface area contributed by atoms with Gasteiger partial charge >= 0.3 is 0 Å². The minimum atomic E-state index is -3.81. The molecule has 1 saturated carbocycles. The van der Waals surface area contributed by atoms with Gasteiger partial charge < -0.3 is 5.32 Å². The van der Waals surface area contributed by atoms with Crippen LogP contribution in [0.2, 0.25) is 0 Å². The van der Waals surface area contributed by atoms with E-state index < -0.39 is 10.0 Å². The number of anilines is 1. The van der Waals surface area contributed by atoms with Gasteiger partial charge in [-0.05, 0) is 69.4 Å². The summed E-state index contributed by atoms with van der Waals surface area (Å²) in [6.07, 6.45) is 5.42. The van der Waals surface area contributed by atoms with Crippen LogP contribution in [0.25, 0.3) is 0 Å². The highest BCUT2D eigenvalue weighted by molar-refractivity contribution is 7.92. The normalized spacial score (nSPS) is 15.2. The van der Waals surface area contributed by atoms with Crippen molar-refractivity contribution < 1.29 is 13.2 Å². The maximum Gasteiger partial charge on any atom is 0.261 e. The van der Waals surface area contributed by atoms with Gasteiger partial charge in [-0.25, -0.2) is 8.42 Å². The molecule has 29 heavy (non-hydrogen) atoms. The van der Waals surface area contributed by atoms with Crippen molar-refractivity contribution in [3.63, 3.8) is 0 Å². The van der Waals surface area contributed by atoms with Gasteiger partial charge in [-0.2, -0.15) is 0 Å². The van der Waals surface area contributed by atoms with Crippen LogP contribution in [0.4, 0.5) is 5.69 Å². The summed E-state index contributed by atoms with van der Waals surface area (Å²) in [6, 6.07) is 8.79. The molecule has 0 spiro atoms. The van der Waals surface area contributed by atoms with Gasteiger partial charge in [0.05, 0.1) is 10.6 Å². The first-order chi connectivity index (χ1) is 13.7. The van der Waals surface area contributed by atoms with E-state index in [4.69, 9.17) is 0 Å². The summed E-state index contributed by atoms with van der Waals surface area (Å²) in [5, 5.41) is 3.07. The second-order valence-corrected chi connectivity index (χ2v) is 9.85. The molecule has 6 heteroatoms. The van der Waals surface area contributed by atoms with E-state index in [-0.39, 0.29) is 16.8 Å². The molecule has 0 radical (unpaired) electrons. The lowest BCUT2D eigenvalue weighted by Gasteiger charge is -2.23. The van der Waals surface area contributed by atoms with E-state index in [9.17, 15) is 13.2 Å². The molecule has 1 amide bonds. The topological polar surface area (TPSA) is 75.3 Å². The van der Waals surface area contributed by atoms with Crippen LogP contribution in [-0.4, -0.2) is 20.4 Å². The van der Waals surface area contributed by atoms with Crippen LogP contribution in [0, 0.1) is 27.7 Å². The van der Waals surface area contributed by atoms with Crippen molar-refractivity contribution >= 4 is 21.6 Å². The third-order valence-electron chi connectivity index (χ3n) is 5.62. The van der Waals surface area contributed by atoms with Gasteiger partial charge in [0, 0.05) is 11.6 Å². The fourth-order valence-electron chi connectivity index (χ4n) is 4.06. The Labute approximate surface area is 174 Å². The molecule has 0 aliphatic heterocycles. The molecule has 0 heterocycles. The average molecular weight is 415 g/mol. The van der Waals surface area contributed by atoms with E-state index in [1.807, 2.05) is 39.8 Å². The summed E-state index contributed by atoms with van der Waals surface area (Å²) >= 11 is 0. The van der Waals surface area contributed by atoms with Gasteiger partial charge in [-0.15, -0.1) is 0 Å². The molecule has 0 bridgehead atoms. The molecular weight excluding hydrogens is 384 g/mol. The minimum Gasteiger partial charge on any atom is -0.349 e. The highest BCUT2D eigenvalue weighted by Crippen LogP contribution is 2.26. The predicted octanol–water partition coefficient (Wildman–Crippen LogP) is 4.78. The number of benzene rings is 2. The van der Waals surface area contributed by atoms with Crippen LogP contribution in [-0.2, 0) is 10.0 Å². The Kier molecular flexibility index (Phi) is 6.32. The summed E-state index contributed by atoms with van der Waals surface area (Å²) in [7, 11) is -3.81. The fourth-order valence-corrected chi connectivity index (χ4v) is 5.29. The highest BCUT2D eigenvalue weighted by atomic mass is 32.2. The molecule has 0 aromatic heterocycles. The van der Waals surface area contributed by atoms with Crippen LogP contribution in [0.15, 0.2) is 35.2 Å². The third kappa shape index (κ3) is 4.99. The number of rotatable bonds is 5. The molecule has 0 atom stereocenters. The Balaban J connectivity index is 1.87. The number of amides is 1. The number of hydrogen-bond donors (Lipinski definition) is 2. The van der Waals surface area contributed by atoms with Crippen molar-refractivity contribution in [2.45, 2.75) is 70.7 Å².